The van der Waals surface area contributed by atoms with Gasteiger partial charge >= 0.3 is 35.8 Å². The van der Waals surface area contributed by atoms with E-state index in [0.717, 1.165) is 0 Å². The molecule has 0 radical (unpaired) electrons. The molecule has 0 unspecified atom stereocenters. The summed E-state index contributed by atoms with van der Waals surface area (Å²) in [6.07, 6.45) is 0. The number of ether oxygens (including phenoxy) is 6. The van der Waals surface area contributed by atoms with Gasteiger partial charge in [-0.05, 0) is 24.3 Å². The van der Waals surface area contributed by atoms with E-state index < -0.39 is 62.2 Å². The molecule has 0 aliphatic rings. The van der Waals surface area contributed by atoms with Crippen LogP contribution in [0.5, 0.6) is 11.5 Å². The highest BCUT2D eigenvalue weighted by atomic mass is 79.9. The number of hydrogen-bond acceptors (Lipinski definition) is 14. The lowest BCUT2D eigenvalue weighted by Crippen LogP contribution is -2.24. The van der Waals surface area contributed by atoms with Crippen LogP contribution in [0.25, 0.3) is 0 Å². The maximum atomic E-state index is 12.0. The third kappa shape index (κ3) is 11.3. The maximum absolute atomic E-state index is 12.0. The van der Waals surface area contributed by atoms with Gasteiger partial charge < -0.3 is 36.1 Å². The largest absolute Gasteiger partial charge is 0.460 e. The predicted octanol–water partition coefficient (Wildman–Crippen LogP) is 2.25. The summed E-state index contributed by atoms with van der Waals surface area (Å²) < 4.78 is 38.0. The Kier molecular flexibility index (Phi) is 13.9. The monoisotopic (exact) mass is 690 g/mol. The van der Waals surface area contributed by atoms with Crippen molar-refractivity contribution < 1.29 is 64.8 Å². The molecule has 40 heavy (non-hydrogen) atoms. The van der Waals surface area contributed by atoms with Crippen LogP contribution < -0.4 is 7.66 Å². The van der Waals surface area contributed by atoms with Crippen molar-refractivity contribution in [3.05, 3.63) is 59.7 Å². The number of rotatable bonds is 15. The van der Waals surface area contributed by atoms with E-state index in [1.54, 1.807) is 24.3 Å². The predicted molar refractivity (Wildman–Crippen MR) is 136 cm³/mol. The Labute approximate surface area is 243 Å². The molecule has 0 fully saturated rings. The first-order chi connectivity index (χ1) is 19.2. The highest BCUT2D eigenvalue weighted by molar-refractivity contribution is 9.06. The van der Waals surface area contributed by atoms with Crippen molar-refractivity contribution in [2.45, 2.75) is 0 Å². The number of benzene rings is 2. The fourth-order valence-electron chi connectivity index (χ4n) is 2.57. The lowest BCUT2D eigenvalue weighted by atomic mass is 10.2. The van der Waals surface area contributed by atoms with Gasteiger partial charge in [-0.15, -0.1) is 0 Å². The number of halogens is 2. The highest BCUT2D eigenvalue weighted by Gasteiger charge is 2.18. The van der Waals surface area contributed by atoms with Crippen molar-refractivity contribution in [2.24, 2.45) is 0 Å². The van der Waals surface area contributed by atoms with Gasteiger partial charge in [0.05, 0.1) is 0 Å². The van der Waals surface area contributed by atoms with Crippen LogP contribution in [0.4, 0.5) is 0 Å². The van der Waals surface area contributed by atoms with E-state index in [4.69, 9.17) is 26.6 Å². The fraction of sp³-hybridized carbons (Fsp3) is 0.250. The van der Waals surface area contributed by atoms with Crippen LogP contribution >= 0.6 is 32.5 Å². The van der Waals surface area contributed by atoms with Gasteiger partial charge in [0.25, 0.3) is 0 Å². The molecule has 2 rings (SSSR count). The molecule has 2 aromatic rings. The van der Waals surface area contributed by atoms with Gasteiger partial charge in [-0.25, -0.2) is 28.8 Å². The molecule has 0 saturated heterocycles. The number of hydrogen-bond donors (Lipinski definition) is 0. The molecule has 0 saturated carbocycles. The normalized spacial score (nSPS) is 9.95. The summed E-state index contributed by atoms with van der Waals surface area (Å²) in [4.78, 5) is 70.6. The molecule has 0 aliphatic heterocycles. The van der Waals surface area contributed by atoms with Gasteiger partial charge in [-0.1, -0.05) is 24.3 Å². The minimum atomic E-state index is -1.01. The lowest BCUT2D eigenvalue weighted by Gasteiger charge is -2.09. The topological polar surface area (TPSA) is 176 Å². The van der Waals surface area contributed by atoms with Crippen LogP contribution in [0.1, 0.15) is 20.7 Å². The Morgan fingerprint density at radius 2 is 0.800 bits per heavy atom. The lowest BCUT2D eigenvalue weighted by molar-refractivity contribution is -0.165. The highest BCUT2D eigenvalue weighted by Crippen LogP contribution is 2.21. The summed E-state index contributed by atoms with van der Waals surface area (Å²) in [5, 5.41) is 0. The molecule has 0 atom stereocenters. The first-order valence-electron chi connectivity index (χ1n) is 11.0. The molecule has 0 amide bonds. The third-order valence-corrected chi connectivity index (χ3v) is 5.03. The van der Waals surface area contributed by atoms with Crippen LogP contribution in [-0.4, -0.2) is 75.5 Å². The Balaban J connectivity index is 1.54. The van der Waals surface area contributed by atoms with Crippen molar-refractivity contribution in [3.63, 3.8) is 0 Å². The molecular formula is C24H20Br2O14. The number of para-hydroxylation sites is 2. The average Bonchev–Trinajstić information content (AvgIpc) is 2.98. The smallest absolute Gasteiger partial charge is 0.344 e. The first-order valence-corrected chi connectivity index (χ1v) is 12.3. The van der Waals surface area contributed by atoms with Crippen molar-refractivity contribution >= 4 is 68.3 Å². The van der Waals surface area contributed by atoms with Crippen molar-refractivity contribution in [1.82, 2.24) is 0 Å². The SMILES string of the molecule is O=C(COC(=O)COC(=O)c1ccccc1OBr)OCCOC(=O)COC(=O)COC(=O)c1ccccc1OBr. The summed E-state index contributed by atoms with van der Waals surface area (Å²) in [7, 11) is 0. The van der Waals surface area contributed by atoms with Gasteiger partial charge in [-0.3, -0.25) is 0 Å². The Hall–Kier alpha value is -4.18. The standard InChI is InChI=1S/C24H20Br2O14/c25-39-17-7-3-1-5-15(17)23(31)37-13-21(29)35-11-19(27)33-9-10-34-20(28)12-36-22(30)14-38-24(32)16-6-2-4-8-18(16)40-26/h1-8H,9-14H2. The first kappa shape index (κ1) is 32.0. The molecule has 0 spiro atoms. The molecule has 2 aromatic carbocycles. The fourth-order valence-corrected chi connectivity index (χ4v) is 3.13. The minimum absolute atomic E-state index is 0.0573. The zero-order valence-electron chi connectivity index (χ0n) is 20.3. The van der Waals surface area contributed by atoms with Gasteiger partial charge in [0.2, 0.25) is 0 Å². The second-order valence-corrected chi connectivity index (χ2v) is 7.71. The number of carbonyl (C=O) groups is 6. The minimum Gasteiger partial charge on any atom is -0.460 e. The molecule has 0 N–H and O–H groups in total. The van der Waals surface area contributed by atoms with Crippen LogP contribution in [0, 0.1) is 0 Å². The molecule has 0 heterocycles. The van der Waals surface area contributed by atoms with E-state index in [1.165, 1.54) is 24.3 Å². The van der Waals surface area contributed by atoms with Crippen molar-refractivity contribution in [2.75, 3.05) is 39.6 Å². The summed E-state index contributed by atoms with van der Waals surface area (Å²) in [6, 6.07) is 12.2. The average molecular weight is 692 g/mol. The van der Waals surface area contributed by atoms with Gasteiger partial charge in [-0.2, -0.15) is 0 Å². The summed E-state index contributed by atoms with van der Waals surface area (Å²) >= 11 is 5.50. The molecular weight excluding hydrogens is 672 g/mol. The van der Waals surface area contributed by atoms with Gasteiger partial charge in [0.1, 0.15) is 24.3 Å². The Morgan fingerprint density at radius 3 is 1.18 bits per heavy atom. The number of esters is 6. The molecule has 214 valence electrons. The van der Waals surface area contributed by atoms with Crippen LogP contribution in [0.3, 0.4) is 0 Å². The second kappa shape index (κ2) is 17.4. The van der Waals surface area contributed by atoms with E-state index in [0.29, 0.717) is 0 Å². The third-order valence-electron chi connectivity index (χ3n) is 4.33. The Morgan fingerprint density at radius 1 is 0.475 bits per heavy atom. The second-order valence-electron chi connectivity index (χ2n) is 7.06. The molecule has 0 aromatic heterocycles. The zero-order chi connectivity index (χ0) is 29.3. The van der Waals surface area contributed by atoms with Crippen LogP contribution in [-0.2, 0) is 47.6 Å². The van der Waals surface area contributed by atoms with Gasteiger partial charge in [0.15, 0.2) is 70.4 Å². The van der Waals surface area contributed by atoms with E-state index in [2.05, 4.69) is 42.0 Å². The summed E-state index contributed by atoms with van der Waals surface area (Å²) in [5.41, 5.74) is 0.115. The van der Waals surface area contributed by atoms with Gasteiger partial charge in [0, 0.05) is 0 Å². The van der Waals surface area contributed by atoms with E-state index >= 15 is 0 Å². The Bertz CT molecular complexity index is 1120. The summed E-state index contributed by atoms with van der Waals surface area (Å²) in [5.74, 6) is -5.31. The number of carbonyl (C=O) groups excluding carboxylic acids is 6. The van der Waals surface area contributed by atoms with E-state index in [9.17, 15) is 28.8 Å². The summed E-state index contributed by atoms with van der Waals surface area (Å²) in [6.45, 7) is -3.88. The maximum Gasteiger partial charge on any atom is 0.344 e. The van der Waals surface area contributed by atoms with E-state index in [-0.39, 0.29) is 35.8 Å². The molecule has 14 nitrogen and oxygen atoms in total. The van der Waals surface area contributed by atoms with Crippen LogP contribution in [0.2, 0.25) is 0 Å². The molecule has 16 heteroatoms. The van der Waals surface area contributed by atoms with Crippen molar-refractivity contribution in [1.29, 1.82) is 0 Å². The molecule has 0 bridgehead atoms. The van der Waals surface area contributed by atoms with E-state index in [1.807, 2.05) is 0 Å². The quantitative estimate of drug-likeness (QED) is 0.151. The van der Waals surface area contributed by atoms with Crippen molar-refractivity contribution in [3.8, 4) is 11.5 Å². The molecule has 0 aliphatic carbocycles. The van der Waals surface area contributed by atoms with Crippen LogP contribution in [0.15, 0.2) is 48.5 Å². The zero-order valence-corrected chi connectivity index (χ0v) is 23.5.